The molecule has 3 N–H and O–H groups in total. The van der Waals surface area contributed by atoms with E-state index in [0.717, 1.165) is 29.3 Å². The average Bonchev–Trinajstić information content (AvgIpc) is 2.43. The molecule has 3 aromatic rings. The second-order valence-corrected chi connectivity index (χ2v) is 5.44. The molecule has 0 saturated carbocycles. The molecule has 0 aliphatic rings. The van der Waals surface area contributed by atoms with Crippen LogP contribution in [0.1, 0.15) is 0 Å². The summed E-state index contributed by atoms with van der Waals surface area (Å²) in [5.41, 5.74) is 5.42. The maximum atomic E-state index is 13.9. The van der Waals surface area contributed by atoms with E-state index in [2.05, 4.69) is 4.98 Å². The molecule has 0 atom stereocenters. The number of benzene rings is 2. The Hall–Kier alpha value is -2.34. The van der Waals surface area contributed by atoms with Crippen LogP contribution >= 0.6 is 11.8 Å². The Morgan fingerprint density at radius 1 is 1.05 bits per heavy atom. The third kappa shape index (κ3) is 2.62. The zero-order valence-electron chi connectivity index (χ0n) is 10.7. The number of hydrogen-bond donors (Lipinski definition) is 2. The predicted molar refractivity (Wildman–Crippen MR) is 78.3 cm³/mol. The summed E-state index contributed by atoms with van der Waals surface area (Å²) in [6.45, 7) is 0. The fourth-order valence-electron chi connectivity index (χ4n) is 1.98. The predicted octanol–water partition coefficient (Wildman–Crippen LogP) is 3.95. The van der Waals surface area contributed by atoms with Crippen LogP contribution in [0.5, 0.6) is 5.75 Å². The smallest absolute Gasteiger partial charge is 0.142 e. The van der Waals surface area contributed by atoms with Crippen molar-refractivity contribution in [2.24, 2.45) is 0 Å². The van der Waals surface area contributed by atoms with Gasteiger partial charge in [0.05, 0.1) is 4.90 Å². The normalized spacial score (nSPS) is 11.0. The van der Waals surface area contributed by atoms with Gasteiger partial charge in [-0.2, -0.15) is 0 Å². The van der Waals surface area contributed by atoms with E-state index in [-0.39, 0.29) is 16.3 Å². The van der Waals surface area contributed by atoms with E-state index in [1.54, 1.807) is 24.4 Å². The molecule has 6 heteroatoms. The molecule has 0 unspecified atom stereocenters. The summed E-state index contributed by atoms with van der Waals surface area (Å²) in [4.78, 5) is 3.96. The molecule has 0 radical (unpaired) electrons. The Kier molecular flexibility index (Phi) is 3.39. The minimum atomic E-state index is -0.739. The first-order chi connectivity index (χ1) is 10.0. The number of aromatic hydroxyl groups is 1. The lowest BCUT2D eigenvalue weighted by Crippen LogP contribution is -1.94. The van der Waals surface area contributed by atoms with Crippen LogP contribution in [0.2, 0.25) is 0 Å². The molecule has 0 fully saturated rings. The minimum Gasteiger partial charge on any atom is -0.508 e. The fraction of sp³-hybridized carbons (Fsp3) is 0. The Morgan fingerprint density at radius 3 is 2.48 bits per heavy atom. The largest absolute Gasteiger partial charge is 0.508 e. The highest BCUT2D eigenvalue weighted by molar-refractivity contribution is 7.99. The van der Waals surface area contributed by atoms with E-state index in [0.29, 0.717) is 10.4 Å². The molecule has 1 aromatic heterocycles. The number of hydrogen-bond acceptors (Lipinski definition) is 4. The zero-order chi connectivity index (χ0) is 15.0. The number of nitrogen functional groups attached to an aromatic ring is 1. The molecule has 3 nitrogen and oxygen atoms in total. The van der Waals surface area contributed by atoms with E-state index in [1.165, 1.54) is 6.07 Å². The van der Waals surface area contributed by atoms with Gasteiger partial charge in [-0.3, -0.25) is 0 Å². The second kappa shape index (κ2) is 5.21. The maximum absolute atomic E-state index is 13.9. The molecule has 0 amide bonds. The van der Waals surface area contributed by atoms with Gasteiger partial charge >= 0.3 is 0 Å². The highest BCUT2D eigenvalue weighted by atomic mass is 32.2. The van der Waals surface area contributed by atoms with E-state index in [1.807, 2.05) is 0 Å². The monoisotopic (exact) mass is 304 g/mol. The summed E-state index contributed by atoms with van der Waals surface area (Å²) < 4.78 is 27.7. The highest BCUT2D eigenvalue weighted by Crippen LogP contribution is 2.36. The number of halogens is 2. The lowest BCUT2D eigenvalue weighted by Gasteiger charge is -2.08. The van der Waals surface area contributed by atoms with Crippen molar-refractivity contribution in [1.82, 2.24) is 4.98 Å². The summed E-state index contributed by atoms with van der Waals surface area (Å²) in [6.07, 6.45) is 1.55. The van der Waals surface area contributed by atoms with Gasteiger partial charge in [0, 0.05) is 17.3 Å². The van der Waals surface area contributed by atoms with Gasteiger partial charge in [-0.15, -0.1) is 0 Å². The Bertz CT molecular complexity index is 816. The van der Waals surface area contributed by atoms with Gasteiger partial charge in [-0.05, 0) is 35.7 Å². The van der Waals surface area contributed by atoms with Gasteiger partial charge in [-0.25, -0.2) is 13.8 Å². The van der Waals surface area contributed by atoms with Crippen LogP contribution < -0.4 is 5.73 Å². The number of aromatic nitrogens is 1. The van der Waals surface area contributed by atoms with Crippen LogP contribution in [0.3, 0.4) is 0 Å². The third-order valence-corrected chi connectivity index (χ3v) is 4.05. The van der Waals surface area contributed by atoms with Crippen LogP contribution in [0.15, 0.2) is 52.5 Å². The molecule has 21 heavy (non-hydrogen) atoms. The van der Waals surface area contributed by atoms with Crippen LogP contribution in [0, 0.1) is 11.6 Å². The third-order valence-electron chi connectivity index (χ3n) is 2.93. The first-order valence-corrected chi connectivity index (χ1v) is 6.86. The highest BCUT2D eigenvalue weighted by Gasteiger charge is 2.14. The molecule has 1 heterocycles. The zero-order valence-corrected chi connectivity index (χ0v) is 11.5. The van der Waals surface area contributed by atoms with E-state index in [9.17, 15) is 13.9 Å². The molecule has 0 aliphatic carbocycles. The maximum Gasteiger partial charge on any atom is 0.142 e. The SMILES string of the molecule is Nc1cc(F)c(Sc2nccc3ccc(O)cc23)c(F)c1. The fourth-order valence-corrected chi connectivity index (χ4v) is 2.89. The van der Waals surface area contributed by atoms with E-state index < -0.39 is 11.6 Å². The second-order valence-electron chi connectivity index (χ2n) is 4.44. The first kappa shape index (κ1) is 13.6. The summed E-state index contributed by atoms with van der Waals surface area (Å²) in [5.74, 6) is -1.41. The number of phenolic OH excluding ortho intramolecular Hbond substituents is 1. The molecule has 0 spiro atoms. The molecular weight excluding hydrogens is 294 g/mol. The number of phenols is 1. The molecule has 3 rings (SSSR count). The number of nitrogens with zero attached hydrogens (tertiary/aromatic N) is 1. The lowest BCUT2D eigenvalue weighted by molar-refractivity contribution is 0.476. The number of rotatable bonds is 2. The van der Waals surface area contributed by atoms with Crippen molar-refractivity contribution >= 4 is 28.2 Å². The molecule has 0 aliphatic heterocycles. The lowest BCUT2D eigenvalue weighted by atomic mass is 10.2. The van der Waals surface area contributed by atoms with Crippen molar-refractivity contribution in [2.45, 2.75) is 9.92 Å². The molecule has 106 valence electrons. The van der Waals surface area contributed by atoms with Crippen molar-refractivity contribution in [3.05, 3.63) is 54.2 Å². The van der Waals surface area contributed by atoms with Crippen molar-refractivity contribution in [3.63, 3.8) is 0 Å². The van der Waals surface area contributed by atoms with Crippen LogP contribution in [-0.2, 0) is 0 Å². The number of anilines is 1. The molecule has 0 bridgehead atoms. The molecule has 2 aromatic carbocycles. The van der Waals surface area contributed by atoms with Gasteiger partial charge < -0.3 is 10.8 Å². The van der Waals surface area contributed by atoms with Gasteiger partial charge in [-0.1, -0.05) is 17.8 Å². The Balaban J connectivity index is 2.12. The van der Waals surface area contributed by atoms with Gasteiger partial charge in [0.15, 0.2) is 0 Å². The van der Waals surface area contributed by atoms with Crippen molar-refractivity contribution in [3.8, 4) is 5.75 Å². The van der Waals surface area contributed by atoms with Crippen LogP contribution in [0.4, 0.5) is 14.5 Å². The number of fused-ring (bicyclic) bond motifs is 1. The van der Waals surface area contributed by atoms with Gasteiger partial charge in [0.1, 0.15) is 22.4 Å². The quantitative estimate of drug-likeness (QED) is 0.704. The number of pyridine rings is 1. The van der Waals surface area contributed by atoms with Gasteiger partial charge in [0.2, 0.25) is 0 Å². The number of nitrogens with two attached hydrogens (primary N) is 1. The van der Waals surface area contributed by atoms with Gasteiger partial charge in [0.25, 0.3) is 0 Å². The summed E-state index contributed by atoms with van der Waals surface area (Å²) >= 11 is 0.860. The topological polar surface area (TPSA) is 59.1 Å². The molecule has 0 saturated heterocycles. The minimum absolute atomic E-state index is 0.0258. The Labute approximate surface area is 123 Å². The molecular formula is C15H10F2N2OS. The van der Waals surface area contributed by atoms with E-state index >= 15 is 0 Å². The van der Waals surface area contributed by atoms with Crippen LogP contribution in [-0.4, -0.2) is 10.1 Å². The van der Waals surface area contributed by atoms with Crippen molar-refractivity contribution in [1.29, 1.82) is 0 Å². The van der Waals surface area contributed by atoms with Crippen molar-refractivity contribution in [2.75, 3.05) is 5.73 Å². The summed E-state index contributed by atoms with van der Waals surface area (Å²) in [6, 6.07) is 8.65. The van der Waals surface area contributed by atoms with Crippen molar-refractivity contribution < 1.29 is 13.9 Å². The summed E-state index contributed by atoms with van der Waals surface area (Å²) in [7, 11) is 0. The van der Waals surface area contributed by atoms with Crippen LogP contribution in [0.25, 0.3) is 10.8 Å². The Morgan fingerprint density at radius 2 is 1.76 bits per heavy atom. The first-order valence-electron chi connectivity index (χ1n) is 6.05. The average molecular weight is 304 g/mol. The summed E-state index contributed by atoms with van der Waals surface area (Å²) in [5, 5.41) is 11.4. The standard InChI is InChI=1S/C15H10F2N2OS/c16-12-5-9(18)6-13(17)14(12)21-15-11-7-10(20)2-1-8(11)3-4-19-15/h1-7,20H,18H2. The van der Waals surface area contributed by atoms with E-state index in [4.69, 9.17) is 5.73 Å².